The molecule has 0 aromatic carbocycles. The van der Waals surface area contributed by atoms with Crippen molar-refractivity contribution in [2.24, 2.45) is 5.92 Å². The van der Waals surface area contributed by atoms with Crippen LogP contribution in [-0.2, 0) is 27.4 Å². The summed E-state index contributed by atoms with van der Waals surface area (Å²) in [5, 5.41) is 18.6. The third-order valence-electron chi connectivity index (χ3n) is 5.43. The molecule has 4 heterocycles. The van der Waals surface area contributed by atoms with Gasteiger partial charge >= 0.3 is 24.3 Å². The molecule has 0 saturated carbocycles. The molecule has 1 fully saturated rings. The van der Waals surface area contributed by atoms with Crippen LogP contribution in [0.1, 0.15) is 12.0 Å². The Morgan fingerprint density at radius 3 is 2.18 bits per heavy atom. The number of aromatic nitrogens is 3. The first-order chi connectivity index (χ1) is 17.8. The number of carboxylic acids is 2. The summed E-state index contributed by atoms with van der Waals surface area (Å²) < 4.78 is 71.0. The maximum absolute atomic E-state index is 10.6. The number of nitrogens with zero attached hydrogens (tertiary/aromatic N) is 5. The molecule has 2 N–H and O–H groups in total. The zero-order valence-electron chi connectivity index (χ0n) is 20.0. The summed E-state index contributed by atoms with van der Waals surface area (Å²) in [5.74, 6) is -3.70. The van der Waals surface area contributed by atoms with Crippen LogP contribution in [0, 0.1) is 5.92 Å². The van der Waals surface area contributed by atoms with E-state index >= 15 is 0 Å². The maximum atomic E-state index is 10.6. The quantitative estimate of drug-likeness (QED) is 0.537. The van der Waals surface area contributed by atoms with Crippen molar-refractivity contribution in [3.63, 3.8) is 0 Å². The molecule has 38 heavy (non-hydrogen) atoms. The Bertz CT molecular complexity index is 989. The largest absolute Gasteiger partial charge is 0.490 e. The van der Waals surface area contributed by atoms with Crippen LogP contribution in [-0.4, -0.2) is 93.6 Å². The Labute approximate surface area is 213 Å². The first-order valence-electron chi connectivity index (χ1n) is 11.3. The molecule has 0 aliphatic carbocycles. The number of halogens is 6. The van der Waals surface area contributed by atoms with Gasteiger partial charge in [-0.2, -0.15) is 31.4 Å². The number of anilines is 1. The van der Waals surface area contributed by atoms with Crippen LogP contribution in [0.15, 0.2) is 36.8 Å². The van der Waals surface area contributed by atoms with Gasteiger partial charge in [-0.25, -0.2) is 14.6 Å². The number of hydrogen-bond donors (Lipinski definition) is 2. The maximum Gasteiger partial charge on any atom is 0.490 e. The van der Waals surface area contributed by atoms with Gasteiger partial charge in [0.1, 0.15) is 5.82 Å². The number of rotatable bonds is 5. The topological polar surface area (TPSA) is 121 Å². The van der Waals surface area contributed by atoms with Gasteiger partial charge < -0.3 is 19.8 Å². The summed E-state index contributed by atoms with van der Waals surface area (Å²) in [6.07, 6.45) is -3.22. The van der Waals surface area contributed by atoms with Gasteiger partial charge in [0.2, 0.25) is 0 Å². The molecular weight excluding hydrogens is 528 g/mol. The van der Waals surface area contributed by atoms with Crippen LogP contribution in [0.4, 0.5) is 32.2 Å². The van der Waals surface area contributed by atoms with E-state index in [9.17, 15) is 26.3 Å². The molecule has 0 bridgehead atoms. The predicted octanol–water partition coefficient (Wildman–Crippen LogP) is 2.90. The van der Waals surface area contributed by atoms with E-state index in [0.29, 0.717) is 5.92 Å². The van der Waals surface area contributed by atoms with Gasteiger partial charge in [0.25, 0.3) is 0 Å². The molecule has 0 radical (unpaired) electrons. The number of alkyl halides is 6. The molecule has 10 nitrogen and oxygen atoms in total. The van der Waals surface area contributed by atoms with Crippen LogP contribution in [0.25, 0.3) is 0 Å². The highest BCUT2D eigenvalue weighted by molar-refractivity contribution is 5.73. The van der Waals surface area contributed by atoms with Gasteiger partial charge in [0.05, 0.1) is 13.2 Å². The van der Waals surface area contributed by atoms with Crippen molar-refractivity contribution in [2.45, 2.75) is 31.9 Å². The minimum Gasteiger partial charge on any atom is -0.475 e. The lowest BCUT2D eigenvalue weighted by atomic mass is 10.1. The van der Waals surface area contributed by atoms with Crippen LogP contribution in [0.3, 0.4) is 0 Å². The van der Waals surface area contributed by atoms with E-state index in [2.05, 4.69) is 25.9 Å². The lowest BCUT2D eigenvalue weighted by molar-refractivity contribution is -0.193. The van der Waals surface area contributed by atoms with Gasteiger partial charge in [0.15, 0.2) is 0 Å². The number of carboxylic acid groups (broad SMARTS) is 2. The van der Waals surface area contributed by atoms with E-state index in [-0.39, 0.29) is 0 Å². The number of carbonyl (C=O) groups is 2. The smallest absolute Gasteiger partial charge is 0.475 e. The molecule has 2 aromatic heterocycles. The van der Waals surface area contributed by atoms with E-state index in [1.165, 1.54) is 12.0 Å². The van der Waals surface area contributed by atoms with E-state index in [4.69, 9.17) is 24.5 Å². The minimum atomic E-state index is -5.08. The van der Waals surface area contributed by atoms with Gasteiger partial charge in [-0.3, -0.25) is 9.58 Å². The highest BCUT2D eigenvalue weighted by atomic mass is 19.4. The Balaban J connectivity index is 0.000000301. The third-order valence-corrected chi connectivity index (χ3v) is 5.43. The van der Waals surface area contributed by atoms with Crippen LogP contribution in [0.2, 0.25) is 0 Å². The van der Waals surface area contributed by atoms with Gasteiger partial charge in [-0.1, -0.05) is 6.07 Å². The average molecular weight is 555 g/mol. The molecule has 4 rings (SSSR count). The molecule has 0 amide bonds. The molecule has 16 heteroatoms. The highest BCUT2D eigenvalue weighted by Crippen LogP contribution is 2.24. The second-order valence-corrected chi connectivity index (χ2v) is 8.31. The Morgan fingerprint density at radius 2 is 1.66 bits per heavy atom. The molecule has 1 saturated heterocycles. The number of hydrogen-bond acceptors (Lipinski definition) is 7. The fourth-order valence-electron chi connectivity index (χ4n) is 3.65. The number of pyridine rings is 1. The fraction of sp³-hybridized carbons (Fsp3) is 0.545. The summed E-state index contributed by atoms with van der Waals surface area (Å²) in [6.45, 7) is 7.86. The van der Waals surface area contributed by atoms with Gasteiger partial charge in [-0.15, -0.1) is 0 Å². The number of fused-ring (bicyclic) bond motifs is 1. The monoisotopic (exact) mass is 555 g/mol. The van der Waals surface area contributed by atoms with Crippen molar-refractivity contribution in [1.29, 1.82) is 0 Å². The van der Waals surface area contributed by atoms with Crippen molar-refractivity contribution in [2.75, 3.05) is 44.3 Å². The number of aliphatic carboxylic acids is 2. The van der Waals surface area contributed by atoms with E-state index in [0.717, 1.165) is 58.3 Å². The minimum absolute atomic E-state index is 0.681. The van der Waals surface area contributed by atoms with E-state index < -0.39 is 24.3 Å². The van der Waals surface area contributed by atoms with Crippen LogP contribution in [0.5, 0.6) is 0 Å². The van der Waals surface area contributed by atoms with Crippen molar-refractivity contribution in [1.82, 2.24) is 19.7 Å². The summed E-state index contributed by atoms with van der Waals surface area (Å²) >= 11 is 0. The highest BCUT2D eigenvalue weighted by Gasteiger charge is 2.38. The lowest BCUT2D eigenvalue weighted by Gasteiger charge is -2.24. The molecular formula is C22H27F6N5O5. The average Bonchev–Trinajstić information content (AvgIpc) is 3.51. The van der Waals surface area contributed by atoms with Gasteiger partial charge in [-0.05, 0) is 24.5 Å². The predicted molar refractivity (Wildman–Crippen MR) is 120 cm³/mol. The van der Waals surface area contributed by atoms with Crippen molar-refractivity contribution in [3.05, 3.63) is 42.4 Å². The van der Waals surface area contributed by atoms with Crippen molar-refractivity contribution < 1.29 is 50.9 Å². The second-order valence-electron chi connectivity index (χ2n) is 8.31. The zero-order chi connectivity index (χ0) is 28.3. The molecule has 1 unspecified atom stereocenters. The third kappa shape index (κ3) is 10.5. The lowest BCUT2D eigenvalue weighted by Crippen LogP contribution is -2.36. The molecule has 2 aromatic rings. The van der Waals surface area contributed by atoms with Gasteiger partial charge in [0, 0.05) is 63.5 Å². The molecule has 212 valence electrons. The molecule has 1 atom stereocenters. The molecule has 0 spiro atoms. The zero-order valence-corrected chi connectivity index (χ0v) is 20.0. The van der Waals surface area contributed by atoms with Crippen molar-refractivity contribution >= 4 is 17.8 Å². The standard InChI is InChI=1S/C18H25N5O.2C2HF3O2/c1-3-17-14-21(13-16-4-12-24-15-16)8-9-22(18(17)19-5-1)10-11-23-7-2-6-20-23;2*3-2(4,5)1(6)7/h1-3,5-7,16H,4,8-15H2;2*(H,6,7). The number of ether oxygens (including phenoxy) is 1. The Kier molecular flexibility index (Phi) is 11.3. The summed E-state index contributed by atoms with van der Waals surface area (Å²) in [5.41, 5.74) is 1.33. The summed E-state index contributed by atoms with van der Waals surface area (Å²) in [6, 6.07) is 6.24. The van der Waals surface area contributed by atoms with Crippen molar-refractivity contribution in [3.8, 4) is 0 Å². The van der Waals surface area contributed by atoms with Crippen LogP contribution >= 0.6 is 0 Å². The molecule has 2 aliphatic heterocycles. The fourth-order valence-corrected chi connectivity index (χ4v) is 3.65. The Hall–Kier alpha value is -3.40. The Morgan fingerprint density at radius 1 is 1.00 bits per heavy atom. The van der Waals surface area contributed by atoms with E-state index in [1.54, 1.807) is 0 Å². The first-order valence-corrected chi connectivity index (χ1v) is 11.3. The van der Waals surface area contributed by atoms with Crippen LogP contribution < -0.4 is 4.90 Å². The second kappa shape index (κ2) is 13.9. The summed E-state index contributed by atoms with van der Waals surface area (Å²) in [4.78, 5) is 27.4. The van der Waals surface area contributed by atoms with E-state index in [1.807, 2.05) is 35.4 Å². The normalized spacial score (nSPS) is 17.8. The molecule has 2 aliphatic rings. The summed E-state index contributed by atoms with van der Waals surface area (Å²) in [7, 11) is 0. The SMILES string of the molecule is O=C(O)C(F)(F)F.O=C(O)C(F)(F)F.c1cnc2c(c1)CN(CC1CCOC1)CCN2CCn1cccn1. The first kappa shape index (κ1) is 30.8.